The monoisotopic (exact) mass is 300 g/mol. The van der Waals surface area contributed by atoms with E-state index >= 15 is 0 Å². The van der Waals surface area contributed by atoms with Gasteiger partial charge in [-0.15, -0.1) is 0 Å². The van der Waals surface area contributed by atoms with Crippen LogP contribution in [0.4, 0.5) is 0 Å². The Morgan fingerprint density at radius 3 is 2.86 bits per heavy atom. The fourth-order valence-electron chi connectivity index (χ4n) is 2.82. The third-order valence-electron chi connectivity index (χ3n) is 4.07. The maximum absolute atomic E-state index is 11.8. The first-order valence-electron chi connectivity index (χ1n) is 8.31. The van der Waals surface area contributed by atoms with Crippen molar-refractivity contribution in [2.45, 2.75) is 57.4 Å². The summed E-state index contributed by atoms with van der Waals surface area (Å²) in [7, 11) is 1.67. The van der Waals surface area contributed by atoms with Gasteiger partial charge in [0.2, 0.25) is 5.91 Å². The minimum atomic E-state index is 0.175. The van der Waals surface area contributed by atoms with Gasteiger partial charge in [0.25, 0.3) is 0 Å². The number of carbonyl (C=O) groups is 1. The molecule has 0 heterocycles. The van der Waals surface area contributed by atoms with Gasteiger partial charge in [0, 0.05) is 32.7 Å². The Hall–Kier alpha value is -0.650. The van der Waals surface area contributed by atoms with Gasteiger partial charge in [0.05, 0.1) is 13.2 Å². The maximum Gasteiger partial charge on any atom is 0.220 e. The summed E-state index contributed by atoms with van der Waals surface area (Å²) in [6.45, 7) is 2.77. The van der Waals surface area contributed by atoms with Gasteiger partial charge in [-0.3, -0.25) is 4.79 Å². The number of nitrogens with two attached hydrogens (primary N) is 1. The van der Waals surface area contributed by atoms with Crippen molar-refractivity contribution in [3.8, 4) is 0 Å². The number of rotatable bonds is 11. The molecule has 5 nitrogen and oxygen atoms in total. The zero-order chi connectivity index (χ0) is 15.3. The molecule has 0 saturated heterocycles. The molecule has 1 fully saturated rings. The van der Waals surface area contributed by atoms with Crippen LogP contribution >= 0.6 is 0 Å². The highest BCUT2D eigenvalue weighted by Gasteiger charge is 2.19. The van der Waals surface area contributed by atoms with E-state index < -0.39 is 0 Å². The molecule has 0 aromatic heterocycles. The summed E-state index contributed by atoms with van der Waals surface area (Å²) in [6.07, 6.45) is 8.26. The van der Waals surface area contributed by atoms with E-state index in [-0.39, 0.29) is 5.91 Å². The molecule has 3 N–H and O–H groups in total. The Morgan fingerprint density at radius 1 is 1.24 bits per heavy atom. The smallest absolute Gasteiger partial charge is 0.220 e. The fraction of sp³-hybridized carbons (Fsp3) is 0.938. The number of carbonyl (C=O) groups excluding carboxylic acids is 1. The van der Waals surface area contributed by atoms with Gasteiger partial charge in [-0.2, -0.15) is 0 Å². The minimum absolute atomic E-state index is 0.175. The van der Waals surface area contributed by atoms with Gasteiger partial charge in [-0.25, -0.2) is 0 Å². The van der Waals surface area contributed by atoms with Gasteiger partial charge in [-0.1, -0.05) is 12.8 Å². The highest BCUT2D eigenvalue weighted by Crippen LogP contribution is 2.26. The van der Waals surface area contributed by atoms with Gasteiger partial charge >= 0.3 is 0 Å². The topological polar surface area (TPSA) is 73.6 Å². The molecule has 1 aliphatic carbocycles. The summed E-state index contributed by atoms with van der Waals surface area (Å²) >= 11 is 0. The summed E-state index contributed by atoms with van der Waals surface area (Å²) in [5.41, 5.74) is 5.97. The normalized spacial score (nSPS) is 22.2. The predicted molar refractivity (Wildman–Crippen MR) is 84.1 cm³/mol. The van der Waals surface area contributed by atoms with E-state index in [0.29, 0.717) is 31.6 Å². The molecular formula is C16H32N2O3. The molecule has 2 unspecified atom stereocenters. The van der Waals surface area contributed by atoms with Crippen LogP contribution in [0.3, 0.4) is 0 Å². The second-order valence-corrected chi connectivity index (χ2v) is 5.99. The number of nitrogens with one attached hydrogen (secondary N) is 1. The molecule has 124 valence electrons. The quantitative estimate of drug-likeness (QED) is 0.571. The first-order valence-corrected chi connectivity index (χ1v) is 8.31. The van der Waals surface area contributed by atoms with Crippen molar-refractivity contribution in [2.24, 2.45) is 11.7 Å². The van der Waals surface area contributed by atoms with E-state index in [2.05, 4.69) is 5.32 Å². The van der Waals surface area contributed by atoms with Crippen LogP contribution in [-0.4, -0.2) is 45.4 Å². The summed E-state index contributed by atoms with van der Waals surface area (Å²) in [6, 6.07) is 0.352. The Morgan fingerprint density at radius 2 is 2.10 bits per heavy atom. The van der Waals surface area contributed by atoms with Gasteiger partial charge in [0.1, 0.15) is 0 Å². The van der Waals surface area contributed by atoms with Crippen LogP contribution in [0, 0.1) is 5.92 Å². The summed E-state index contributed by atoms with van der Waals surface area (Å²) in [4.78, 5) is 11.8. The molecule has 1 amide bonds. The number of amides is 1. The Bertz CT molecular complexity index is 274. The Labute approximate surface area is 128 Å². The van der Waals surface area contributed by atoms with Crippen LogP contribution in [0.2, 0.25) is 0 Å². The van der Waals surface area contributed by atoms with E-state index in [1.807, 2.05) is 0 Å². The molecule has 0 aromatic carbocycles. The maximum atomic E-state index is 11.8. The summed E-state index contributed by atoms with van der Waals surface area (Å²) in [5.74, 6) is 0.822. The molecule has 2 atom stereocenters. The van der Waals surface area contributed by atoms with Crippen molar-refractivity contribution in [1.29, 1.82) is 0 Å². The second kappa shape index (κ2) is 12.0. The molecule has 0 spiro atoms. The molecule has 1 aliphatic rings. The van der Waals surface area contributed by atoms with Crippen molar-refractivity contribution >= 4 is 5.91 Å². The molecule has 1 rings (SSSR count). The van der Waals surface area contributed by atoms with Crippen LogP contribution in [0.15, 0.2) is 0 Å². The minimum Gasteiger partial charge on any atom is -0.382 e. The van der Waals surface area contributed by atoms with Gasteiger partial charge in [-0.05, 0) is 38.0 Å². The Balaban J connectivity index is 1.89. The number of hydrogen-bond acceptors (Lipinski definition) is 4. The molecule has 5 heteroatoms. The van der Waals surface area contributed by atoms with Crippen LogP contribution in [0.1, 0.15) is 51.4 Å². The number of methoxy groups -OCH3 is 1. The highest BCUT2D eigenvalue weighted by atomic mass is 16.5. The van der Waals surface area contributed by atoms with Crippen LogP contribution < -0.4 is 11.1 Å². The second-order valence-electron chi connectivity index (χ2n) is 5.99. The zero-order valence-electron chi connectivity index (χ0n) is 13.4. The zero-order valence-corrected chi connectivity index (χ0v) is 13.4. The predicted octanol–water partition coefficient (Wildman–Crippen LogP) is 1.84. The van der Waals surface area contributed by atoms with E-state index in [4.69, 9.17) is 15.2 Å². The standard InChI is InChI=1S/C16H32N2O3/c1-20-11-12-21-10-3-2-9-18-16(19)8-7-14-5-4-6-15(17)13-14/h14-15H,2-13,17H2,1H3,(H,18,19). The fourth-order valence-corrected chi connectivity index (χ4v) is 2.82. The number of unbranched alkanes of at least 4 members (excludes halogenated alkanes) is 1. The third-order valence-corrected chi connectivity index (χ3v) is 4.07. The summed E-state index contributed by atoms with van der Waals surface area (Å²) < 4.78 is 10.3. The molecule has 0 bridgehead atoms. The molecular weight excluding hydrogens is 268 g/mol. The van der Waals surface area contributed by atoms with Crippen molar-refractivity contribution in [3.05, 3.63) is 0 Å². The lowest BCUT2D eigenvalue weighted by Crippen LogP contribution is -2.29. The molecule has 0 aromatic rings. The summed E-state index contributed by atoms with van der Waals surface area (Å²) in [5, 5.41) is 2.99. The highest BCUT2D eigenvalue weighted by molar-refractivity contribution is 5.75. The average Bonchev–Trinajstić information content (AvgIpc) is 2.48. The first kappa shape index (κ1) is 18.4. The SMILES string of the molecule is COCCOCCCCNC(=O)CCC1CCCC(N)C1. The average molecular weight is 300 g/mol. The third kappa shape index (κ3) is 9.82. The lowest BCUT2D eigenvalue weighted by molar-refractivity contribution is -0.121. The lowest BCUT2D eigenvalue weighted by atomic mass is 9.83. The van der Waals surface area contributed by atoms with Crippen LogP contribution in [-0.2, 0) is 14.3 Å². The van der Waals surface area contributed by atoms with Crippen molar-refractivity contribution in [2.75, 3.05) is 33.5 Å². The first-order chi connectivity index (χ1) is 10.2. The van der Waals surface area contributed by atoms with Crippen LogP contribution in [0.25, 0.3) is 0 Å². The largest absolute Gasteiger partial charge is 0.382 e. The van der Waals surface area contributed by atoms with E-state index in [1.165, 1.54) is 12.8 Å². The molecule has 21 heavy (non-hydrogen) atoms. The van der Waals surface area contributed by atoms with Gasteiger partial charge < -0.3 is 20.5 Å². The van der Waals surface area contributed by atoms with Gasteiger partial charge in [0.15, 0.2) is 0 Å². The van der Waals surface area contributed by atoms with E-state index in [0.717, 1.165) is 45.3 Å². The Kier molecular flexibility index (Phi) is 10.5. The molecule has 1 saturated carbocycles. The molecule has 0 radical (unpaired) electrons. The van der Waals surface area contributed by atoms with E-state index in [9.17, 15) is 4.79 Å². The molecule has 0 aliphatic heterocycles. The van der Waals surface area contributed by atoms with Crippen molar-refractivity contribution in [3.63, 3.8) is 0 Å². The van der Waals surface area contributed by atoms with Crippen molar-refractivity contribution < 1.29 is 14.3 Å². The number of hydrogen-bond donors (Lipinski definition) is 2. The lowest BCUT2D eigenvalue weighted by Gasteiger charge is -2.26. The number of ether oxygens (including phenoxy) is 2. The van der Waals surface area contributed by atoms with E-state index in [1.54, 1.807) is 7.11 Å². The van der Waals surface area contributed by atoms with Crippen molar-refractivity contribution in [1.82, 2.24) is 5.32 Å². The van der Waals surface area contributed by atoms with Crippen LogP contribution in [0.5, 0.6) is 0 Å².